The van der Waals surface area contributed by atoms with E-state index in [-0.39, 0.29) is 11.5 Å². The van der Waals surface area contributed by atoms with E-state index >= 15 is 0 Å². The van der Waals surface area contributed by atoms with E-state index < -0.39 is 0 Å². The molecule has 1 fully saturated rings. The highest BCUT2D eigenvalue weighted by molar-refractivity contribution is 7.13. The number of carbonyl (C=O) groups excluding carboxylic acids is 1. The Hall–Kier alpha value is -1.14. The molecule has 5 nitrogen and oxygen atoms in total. The largest absolute Gasteiger partial charge is 0.461 e. The smallest absolute Gasteiger partial charge is 0.357 e. The van der Waals surface area contributed by atoms with Crippen molar-refractivity contribution in [2.75, 3.05) is 38.2 Å². The van der Waals surface area contributed by atoms with Crippen molar-refractivity contribution in [1.29, 1.82) is 0 Å². The van der Waals surface area contributed by atoms with Crippen LogP contribution in [0, 0.1) is 0 Å². The summed E-state index contributed by atoms with van der Waals surface area (Å²) in [7, 11) is 2.14. The van der Waals surface area contributed by atoms with E-state index in [1.807, 2.05) is 0 Å². The van der Waals surface area contributed by atoms with Crippen LogP contribution in [-0.4, -0.2) is 54.7 Å². The second kappa shape index (κ2) is 5.46. The number of likely N-dealkylation sites (N-methyl/N-ethyl adjacent to an activating group) is 1. The first-order chi connectivity index (χ1) is 8.94. The molecule has 1 aromatic rings. The molecule has 0 radical (unpaired) electrons. The van der Waals surface area contributed by atoms with Crippen molar-refractivity contribution in [3.63, 3.8) is 0 Å². The number of rotatable bonds is 3. The molecule has 19 heavy (non-hydrogen) atoms. The summed E-state index contributed by atoms with van der Waals surface area (Å²) in [5.74, 6) is -0.335. The molecule has 1 aromatic heterocycles. The van der Waals surface area contributed by atoms with Crippen LogP contribution in [0.25, 0.3) is 0 Å². The predicted molar refractivity (Wildman–Crippen MR) is 77.0 cm³/mol. The van der Waals surface area contributed by atoms with Crippen molar-refractivity contribution in [2.24, 2.45) is 0 Å². The number of carbonyl (C=O) groups is 1. The van der Waals surface area contributed by atoms with Crippen LogP contribution in [0.1, 0.15) is 31.3 Å². The number of thiazole rings is 1. The van der Waals surface area contributed by atoms with Crippen LogP contribution in [0.5, 0.6) is 0 Å². The molecule has 0 spiro atoms. The van der Waals surface area contributed by atoms with Gasteiger partial charge >= 0.3 is 5.97 Å². The molecule has 1 aliphatic heterocycles. The van der Waals surface area contributed by atoms with E-state index in [1.54, 1.807) is 12.3 Å². The molecule has 0 amide bonds. The van der Waals surface area contributed by atoms with E-state index in [4.69, 9.17) is 4.74 Å². The molecule has 6 heteroatoms. The number of hydrogen-bond donors (Lipinski definition) is 0. The fourth-order valence-electron chi connectivity index (χ4n) is 2.11. The first-order valence-corrected chi connectivity index (χ1v) is 7.41. The topological polar surface area (TPSA) is 45.7 Å². The van der Waals surface area contributed by atoms with E-state index in [9.17, 15) is 4.79 Å². The summed E-state index contributed by atoms with van der Waals surface area (Å²) >= 11 is 1.51. The van der Waals surface area contributed by atoms with Crippen molar-refractivity contribution >= 4 is 22.4 Å². The minimum Gasteiger partial charge on any atom is -0.461 e. The fourth-order valence-corrected chi connectivity index (χ4v) is 2.93. The maximum absolute atomic E-state index is 11.6. The lowest BCUT2D eigenvalue weighted by atomic mass is 10.0. The predicted octanol–water partition coefficient (Wildman–Crippen LogP) is 1.85. The molecule has 0 aromatic carbocycles. The summed E-state index contributed by atoms with van der Waals surface area (Å²) < 4.78 is 4.97. The third kappa shape index (κ3) is 3.06. The van der Waals surface area contributed by atoms with Crippen LogP contribution in [0.3, 0.4) is 0 Å². The summed E-state index contributed by atoms with van der Waals surface area (Å²) in [6.45, 7) is 9.48. The van der Waals surface area contributed by atoms with Gasteiger partial charge in [-0.25, -0.2) is 9.78 Å². The highest BCUT2D eigenvalue weighted by Crippen LogP contribution is 2.27. The van der Waals surface area contributed by atoms with Gasteiger partial charge in [0.15, 0.2) is 10.8 Å². The SMILES string of the molecule is CCOC(=O)c1csc(N2CCN(C)C(C)(C)C2)n1. The summed E-state index contributed by atoms with van der Waals surface area (Å²) in [5, 5.41) is 2.68. The number of nitrogens with zero attached hydrogens (tertiary/aromatic N) is 3. The highest BCUT2D eigenvalue weighted by Gasteiger charge is 2.32. The van der Waals surface area contributed by atoms with Gasteiger partial charge in [0.05, 0.1) is 6.61 Å². The third-order valence-corrected chi connectivity index (χ3v) is 4.47. The van der Waals surface area contributed by atoms with E-state index in [1.165, 1.54) is 11.3 Å². The number of piperazine rings is 1. The number of esters is 1. The van der Waals surface area contributed by atoms with Gasteiger partial charge in [0, 0.05) is 30.6 Å². The van der Waals surface area contributed by atoms with E-state index in [0.717, 1.165) is 24.8 Å². The van der Waals surface area contributed by atoms with Crippen LogP contribution in [0.15, 0.2) is 5.38 Å². The van der Waals surface area contributed by atoms with Gasteiger partial charge in [0.1, 0.15) is 0 Å². The molecule has 0 aliphatic carbocycles. The zero-order valence-electron chi connectivity index (χ0n) is 12.0. The Balaban J connectivity index is 2.09. The van der Waals surface area contributed by atoms with Gasteiger partial charge in [-0.1, -0.05) is 0 Å². The minimum atomic E-state index is -0.335. The summed E-state index contributed by atoms with van der Waals surface area (Å²) in [4.78, 5) is 20.6. The fraction of sp³-hybridized carbons (Fsp3) is 0.692. The van der Waals surface area contributed by atoms with Gasteiger partial charge < -0.3 is 9.64 Å². The van der Waals surface area contributed by atoms with Crippen LogP contribution in [0.2, 0.25) is 0 Å². The Kier molecular flexibility index (Phi) is 4.10. The van der Waals surface area contributed by atoms with Crippen molar-refractivity contribution in [1.82, 2.24) is 9.88 Å². The lowest BCUT2D eigenvalue weighted by molar-refractivity contribution is 0.0520. The maximum atomic E-state index is 11.6. The first-order valence-electron chi connectivity index (χ1n) is 6.53. The number of ether oxygens (including phenoxy) is 1. The van der Waals surface area contributed by atoms with Crippen LogP contribution >= 0.6 is 11.3 Å². The summed E-state index contributed by atoms with van der Waals surface area (Å²) in [6.07, 6.45) is 0. The molecule has 1 aliphatic rings. The number of hydrogen-bond acceptors (Lipinski definition) is 6. The average molecular weight is 283 g/mol. The summed E-state index contributed by atoms with van der Waals surface area (Å²) in [6, 6.07) is 0. The zero-order chi connectivity index (χ0) is 14.0. The molecule has 0 bridgehead atoms. The monoisotopic (exact) mass is 283 g/mol. The summed E-state index contributed by atoms with van der Waals surface area (Å²) in [5.41, 5.74) is 0.534. The highest BCUT2D eigenvalue weighted by atomic mass is 32.1. The molecule has 2 heterocycles. The molecule has 2 rings (SSSR count). The zero-order valence-corrected chi connectivity index (χ0v) is 12.8. The molecule has 0 atom stereocenters. The third-order valence-electron chi connectivity index (χ3n) is 3.56. The van der Waals surface area contributed by atoms with Crippen LogP contribution in [0.4, 0.5) is 5.13 Å². The second-order valence-electron chi connectivity index (χ2n) is 5.39. The van der Waals surface area contributed by atoms with Gasteiger partial charge in [0.2, 0.25) is 0 Å². The van der Waals surface area contributed by atoms with E-state index in [2.05, 4.69) is 35.7 Å². The van der Waals surface area contributed by atoms with Crippen LogP contribution < -0.4 is 4.90 Å². The maximum Gasteiger partial charge on any atom is 0.357 e. The first kappa shape index (κ1) is 14.3. The normalized spacial score (nSPS) is 19.5. The Labute approximate surface area is 118 Å². The Bertz CT molecular complexity index is 458. The average Bonchev–Trinajstić information content (AvgIpc) is 2.82. The number of aromatic nitrogens is 1. The molecular formula is C13H21N3O2S. The van der Waals surface area contributed by atoms with Gasteiger partial charge in [-0.15, -0.1) is 11.3 Å². The Morgan fingerprint density at radius 3 is 2.89 bits per heavy atom. The quantitative estimate of drug-likeness (QED) is 0.792. The van der Waals surface area contributed by atoms with E-state index in [0.29, 0.717) is 12.3 Å². The van der Waals surface area contributed by atoms with Gasteiger partial charge in [-0.3, -0.25) is 4.90 Å². The standard InChI is InChI=1S/C13H21N3O2S/c1-5-18-11(17)10-8-19-12(14-10)16-7-6-15(4)13(2,3)9-16/h8H,5-7,9H2,1-4H3. The van der Waals surface area contributed by atoms with Gasteiger partial charge in [0.25, 0.3) is 0 Å². The van der Waals surface area contributed by atoms with Crippen molar-refractivity contribution in [2.45, 2.75) is 26.3 Å². The second-order valence-corrected chi connectivity index (χ2v) is 6.23. The molecule has 0 N–H and O–H groups in total. The molecule has 106 valence electrons. The Morgan fingerprint density at radius 2 is 2.26 bits per heavy atom. The molecule has 0 saturated carbocycles. The number of anilines is 1. The Morgan fingerprint density at radius 1 is 1.53 bits per heavy atom. The molecular weight excluding hydrogens is 262 g/mol. The minimum absolute atomic E-state index is 0.119. The van der Waals surface area contributed by atoms with Crippen molar-refractivity contribution in [3.8, 4) is 0 Å². The van der Waals surface area contributed by atoms with Crippen molar-refractivity contribution in [3.05, 3.63) is 11.1 Å². The van der Waals surface area contributed by atoms with Gasteiger partial charge in [-0.2, -0.15) is 0 Å². The molecule has 0 unspecified atom stereocenters. The lowest BCUT2D eigenvalue weighted by Crippen LogP contribution is -2.57. The van der Waals surface area contributed by atoms with Crippen molar-refractivity contribution < 1.29 is 9.53 Å². The van der Waals surface area contributed by atoms with Gasteiger partial charge in [-0.05, 0) is 27.8 Å². The van der Waals surface area contributed by atoms with Crippen LogP contribution in [-0.2, 0) is 4.74 Å². The lowest BCUT2D eigenvalue weighted by Gasteiger charge is -2.45. The molecule has 1 saturated heterocycles.